The van der Waals surface area contributed by atoms with E-state index < -0.39 is 0 Å². The van der Waals surface area contributed by atoms with Crippen LogP contribution in [-0.2, 0) is 0 Å². The number of fused-ring (bicyclic) bond motifs is 1. The SMILES string of the molecule is Nc1nc2ccc(C(=O)Nc3cnc(Cl)c(Br)c3)cc2s1. The summed E-state index contributed by atoms with van der Waals surface area (Å²) in [6, 6.07) is 6.93. The number of nitrogens with zero attached hydrogens (tertiary/aromatic N) is 2. The lowest BCUT2D eigenvalue weighted by Gasteiger charge is -2.06. The molecule has 0 aliphatic heterocycles. The van der Waals surface area contributed by atoms with Crippen LogP contribution in [0.25, 0.3) is 10.2 Å². The van der Waals surface area contributed by atoms with Crippen molar-refractivity contribution in [1.29, 1.82) is 0 Å². The predicted octanol–water partition coefficient (Wildman–Crippen LogP) is 3.94. The molecule has 0 unspecified atom stereocenters. The molecule has 2 heterocycles. The number of carbonyl (C=O) groups is 1. The van der Waals surface area contributed by atoms with Crippen LogP contribution in [0.5, 0.6) is 0 Å². The van der Waals surface area contributed by atoms with Gasteiger partial charge in [0.15, 0.2) is 5.13 Å². The lowest BCUT2D eigenvalue weighted by Crippen LogP contribution is -2.11. The Morgan fingerprint density at radius 1 is 1.38 bits per heavy atom. The average molecular weight is 384 g/mol. The molecule has 1 amide bonds. The Morgan fingerprint density at radius 3 is 2.95 bits per heavy atom. The summed E-state index contributed by atoms with van der Waals surface area (Å²) < 4.78 is 1.49. The maximum absolute atomic E-state index is 12.2. The number of hydrogen-bond acceptors (Lipinski definition) is 5. The minimum Gasteiger partial charge on any atom is -0.375 e. The fraction of sp³-hybridized carbons (Fsp3) is 0. The first-order valence-electron chi connectivity index (χ1n) is 5.81. The summed E-state index contributed by atoms with van der Waals surface area (Å²) in [5.74, 6) is -0.236. The molecule has 0 atom stereocenters. The number of rotatable bonds is 2. The van der Waals surface area contributed by atoms with Gasteiger partial charge in [-0.15, -0.1) is 0 Å². The number of carbonyl (C=O) groups excluding carboxylic acids is 1. The third kappa shape index (κ3) is 2.99. The van der Waals surface area contributed by atoms with Gasteiger partial charge in [-0.25, -0.2) is 9.97 Å². The molecule has 0 saturated heterocycles. The van der Waals surface area contributed by atoms with Crippen molar-refractivity contribution in [3.05, 3.63) is 45.7 Å². The number of nitrogen functional groups attached to an aromatic ring is 1. The molecule has 3 aromatic rings. The minimum absolute atomic E-state index is 0.236. The topological polar surface area (TPSA) is 80.9 Å². The third-order valence-electron chi connectivity index (χ3n) is 2.72. The molecule has 0 saturated carbocycles. The summed E-state index contributed by atoms with van der Waals surface area (Å²) in [5, 5.41) is 3.58. The molecular formula is C13H8BrClN4OS. The summed E-state index contributed by atoms with van der Waals surface area (Å²) in [6.07, 6.45) is 1.49. The highest BCUT2D eigenvalue weighted by atomic mass is 79.9. The van der Waals surface area contributed by atoms with Crippen LogP contribution < -0.4 is 11.1 Å². The van der Waals surface area contributed by atoms with Gasteiger partial charge in [0.2, 0.25) is 0 Å². The van der Waals surface area contributed by atoms with Crippen molar-refractivity contribution in [2.45, 2.75) is 0 Å². The summed E-state index contributed by atoms with van der Waals surface area (Å²) in [5.41, 5.74) is 7.52. The smallest absolute Gasteiger partial charge is 0.255 e. The molecule has 0 spiro atoms. The first-order chi connectivity index (χ1) is 10.0. The molecule has 0 bridgehead atoms. The maximum atomic E-state index is 12.2. The second-order valence-electron chi connectivity index (χ2n) is 4.19. The molecule has 1 aromatic carbocycles. The molecule has 3 N–H and O–H groups in total. The Morgan fingerprint density at radius 2 is 2.19 bits per heavy atom. The molecule has 0 aliphatic carbocycles. The quantitative estimate of drug-likeness (QED) is 0.657. The van der Waals surface area contributed by atoms with E-state index in [4.69, 9.17) is 17.3 Å². The minimum atomic E-state index is -0.236. The Bertz CT molecular complexity index is 851. The van der Waals surface area contributed by atoms with Gasteiger partial charge in [0.1, 0.15) is 5.15 Å². The average Bonchev–Trinajstić information content (AvgIpc) is 2.82. The zero-order valence-electron chi connectivity index (χ0n) is 10.4. The van der Waals surface area contributed by atoms with E-state index in [9.17, 15) is 4.79 Å². The molecule has 3 rings (SSSR count). The van der Waals surface area contributed by atoms with Gasteiger partial charge < -0.3 is 11.1 Å². The monoisotopic (exact) mass is 382 g/mol. The number of thiazole rings is 1. The van der Waals surface area contributed by atoms with Crippen LogP contribution in [0.3, 0.4) is 0 Å². The highest BCUT2D eigenvalue weighted by Crippen LogP contribution is 2.26. The molecule has 8 heteroatoms. The molecule has 5 nitrogen and oxygen atoms in total. The number of nitrogens with one attached hydrogen (secondary N) is 1. The van der Waals surface area contributed by atoms with E-state index in [2.05, 4.69) is 31.2 Å². The van der Waals surface area contributed by atoms with E-state index in [1.54, 1.807) is 24.3 Å². The standard InChI is InChI=1S/C13H8BrClN4OS/c14-8-4-7(5-17-11(8)15)18-12(20)6-1-2-9-10(3-6)21-13(16)19-9/h1-5H,(H2,16,19)(H,18,20). The fourth-order valence-corrected chi connectivity index (χ4v) is 3.00. The summed E-state index contributed by atoms with van der Waals surface area (Å²) in [4.78, 5) is 20.3. The number of anilines is 2. The number of aromatic nitrogens is 2. The molecule has 0 fully saturated rings. The van der Waals surface area contributed by atoms with Gasteiger partial charge in [-0.2, -0.15) is 0 Å². The van der Waals surface area contributed by atoms with Crippen LogP contribution in [-0.4, -0.2) is 15.9 Å². The van der Waals surface area contributed by atoms with Crippen LogP contribution in [0.2, 0.25) is 5.15 Å². The van der Waals surface area contributed by atoms with Crippen molar-refractivity contribution in [2.24, 2.45) is 0 Å². The van der Waals surface area contributed by atoms with Crippen molar-refractivity contribution >= 4 is 65.8 Å². The van der Waals surface area contributed by atoms with E-state index in [1.807, 2.05) is 0 Å². The van der Waals surface area contributed by atoms with Crippen LogP contribution in [0, 0.1) is 0 Å². The summed E-state index contributed by atoms with van der Waals surface area (Å²) in [7, 11) is 0. The molecule has 2 aromatic heterocycles. The fourth-order valence-electron chi connectivity index (χ4n) is 1.78. The van der Waals surface area contributed by atoms with Crippen molar-refractivity contribution in [3.63, 3.8) is 0 Å². The number of nitrogens with two attached hydrogens (primary N) is 1. The first kappa shape index (κ1) is 14.2. The zero-order valence-corrected chi connectivity index (χ0v) is 13.6. The normalized spacial score (nSPS) is 10.8. The van der Waals surface area contributed by atoms with Crippen molar-refractivity contribution < 1.29 is 4.79 Å². The summed E-state index contributed by atoms with van der Waals surface area (Å²) in [6.45, 7) is 0. The Hall–Kier alpha value is -1.70. The van der Waals surface area contributed by atoms with E-state index >= 15 is 0 Å². The highest BCUT2D eigenvalue weighted by molar-refractivity contribution is 9.10. The number of hydrogen-bond donors (Lipinski definition) is 2. The molecular weight excluding hydrogens is 376 g/mol. The third-order valence-corrected chi connectivity index (χ3v) is 4.70. The lowest BCUT2D eigenvalue weighted by molar-refractivity contribution is 0.102. The van der Waals surface area contributed by atoms with Gasteiger partial charge in [-0.3, -0.25) is 4.79 Å². The van der Waals surface area contributed by atoms with Crippen molar-refractivity contribution in [2.75, 3.05) is 11.1 Å². The number of pyridine rings is 1. The van der Waals surface area contributed by atoms with Gasteiger partial charge in [0.05, 0.1) is 26.6 Å². The number of amides is 1. The van der Waals surface area contributed by atoms with E-state index in [0.29, 0.717) is 26.0 Å². The Labute approximate surface area is 137 Å². The second kappa shape index (κ2) is 5.59. The van der Waals surface area contributed by atoms with Crippen molar-refractivity contribution in [3.8, 4) is 0 Å². The largest absolute Gasteiger partial charge is 0.375 e. The van der Waals surface area contributed by atoms with E-state index in [-0.39, 0.29) is 5.91 Å². The number of halogens is 2. The van der Waals surface area contributed by atoms with Gasteiger partial charge in [0.25, 0.3) is 5.91 Å². The van der Waals surface area contributed by atoms with Crippen LogP contribution >= 0.6 is 38.9 Å². The van der Waals surface area contributed by atoms with E-state index in [1.165, 1.54) is 17.5 Å². The van der Waals surface area contributed by atoms with Gasteiger partial charge in [-0.1, -0.05) is 22.9 Å². The lowest BCUT2D eigenvalue weighted by atomic mass is 10.2. The van der Waals surface area contributed by atoms with Crippen molar-refractivity contribution in [1.82, 2.24) is 9.97 Å². The Kier molecular flexibility index (Phi) is 3.79. The second-order valence-corrected chi connectivity index (χ2v) is 6.46. The zero-order chi connectivity index (χ0) is 15.0. The Balaban J connectivity index is 1.87. The van der Waals surface area contributed by atoms with Gasteiger partial charge in [-0.05, 0) is 40.2 Å². The molecule has 0 aliphatic rings. The molecule has 21 heavy (non-hydrogen) atoms. The van der Waals surface area contributed by atoms with Crippen LogP contribution in [0.15, 0.2) is 34.9 Å². The molecule has 0 radical (unpaired) electrons. The maximum Gasteiger partial charge on any atom is 0.255 e. The van der Waals surface area contributed by atoms with Crippen LogP contribution in [0.4, 0.5) is 10.8 Å². The summed E-state index contributed by atoms with van der Waals surface area (Å²) >= 11 is 10.4. The van der Waals surface area contributed by atoms with Gasteiger partial charge in [0, 0.05) is 5.56 Å². The predicted molar refractivity (Wildman–Crippen MR) is 88.9 cm³/mol. The number of benzene rings is 1. The van der Waals surface area contributed by atoms with Gasteiger partial charge >= 0.3 is 0 Å². The molecule has 106 valence electrons. The highest BCUT2D eigenvalue weighted by Gasteiger charge is 2.10. The first-order valence-corrected chi connectivity index (χ1v) is 7.80. The van der Waals surface area contributed by atoms with Crippen LogP contribution in [0.1, 0.15) is 10.4 Å². The van der Waals surface area contributed by atoms with E-state index in [0.717, 1.165) is 10.2 Å².